The first kappa shape index (κ1) is 26.3. The number of hydrazone groups is 1. The van der Waals surface area contributed by atoms with Crippen molar-refractivity contribution in [3.63, 3.8) is 0 Å². The average molecular weight is 515 g/mol. The lowest BCUT2D eigenvalue weighted by atomic mass is 10.0. The maximum atomic E-state index is 14.6. The number of benzene rings is 2. The van der Waals surface area contributed by atoms with Crippen LogP contribution in [0, 0.1) is 11.6 Å². The second-order valence-corrected chi connectivity index (χ2v) is 10.2. The normalized spacial score (nSPS) is 18.4. The van der Waals surface area contributed by atoms with E-state index in [-0.39, 0.29) is 30.1 Å². The van der Waals surface area contributed by atoms with Gasteiger partial charge in [0, 0.05) is 5.56 Å². The quantitative estimate of drug-likeness (QED) is 0.203. The van der Waals surface area contributed by atoms with Gasteiger partial charge >= 0.3 is 13.9 Å². The zero-order valence-electron chi connectivity index (χ0n) is 18.3. The second-order valence-electron chi connectivity index (χ2n) is 7.74. The van der Waals surface area contributed by atoms with Crippen molar-refractivity contribution in [3.8, 4) is 0 Å². The van der Waals surface area contributed by atoms with E-state index in [0.717, 1.165) is 35.0 Å². The van der Waals surface area contributed by atoms with Gasteiger partial charge in [-0.3, -0.25) is 9.73 Å². The highest BCUT2D eigenvalue weighted by Gasteiger charge is 2.50. The molecule has 0 saturated heterocycles. The third-order valence-electron chi connectivity index (χ3n) is 4.97. The lowest BCUT2D eigenvalue weighted by Crippen LogP contribution is -2.49. The smallest absolute Gasteiger partial charge is 0.303 e. The van der Waals surface area contributed by atoms with Crippen LogP contribution in [0.15, 0.2) is 53.6 Å². The fraction of sp³-hybridized carbons (Fsp3) is 0.333. The van der Waals surface area contributed by atoms with Gasteiger partial charge in [-0.1, -0.05) is 42.1 Å². The Labute approximate surface area is 199 Å². The number of hydrogen-bond donors (Lipinski definition) is 3. The number of rotatable bonds is 8. The molecular formula is C21H24F2N3O6PS. The number of hydroxylamine groups is 2. The van der Waals surface area contributed by atoms with Crippen LogP contribution in [0.5, 0.6) is 0 Å². The molecule has 0 fully saturated rings. The van der Waals surface area contributed by atoms with Gasteiger partial charge in [0.05, 0.1) is 12.6 Å². The highest BCUT2D eigenvalue weighted by molar-refractivity contribution is 8.15. The van der Waals surface area contributed by atoms with E-state index in [2.05, 4.69) is 9.63 Å². The zero-order chi connectivity index (χ0) is 25.1. The first-order chi connectivity index (χ1) is 15.9. The molecule has 0 aromatic heterocycles. The van der Waals surface area contributed by atoms with E-state index >= 15 is 0 Å². The Morgan fingerprint density at radius 3 is 2.53 bits per heavy atom. The number of hydrogen-bond acceptors (Lipinski definition) is 6. The van der Waals surface area contributed by atoms with Gasteiger partial charge in [-0.05, 0) is 50.5 Å². The molecule has 2 amide bonds. The van der Waals surface area contributed by atoms with Gasteiger partial charge in [-0.25, -0.2) is 23.2 Å². The fourth-order valence-corrected chi connectivity index (χ4v) is 5.14. The molecule has 1 unspecified atom stereocenters. The summed E-state index contributed by atoms with van der Waals surface area (Å²) in [6.07, 6.45) is 0.127. The molecule has 0 spiro atoms. The molecule has 0 bridgehead atoms. The van der Waals surface area contributed by atoms with Crippen molar-refractivity contribution in [2.45, 2.75) is 37.6 Å². The number of amides is 2. The van der Waals surface area contributed by atoms with E-state index in [1.54, 1.807) is 44.2 Å². The molecule has 3 N–H and O–H groups in total. The Bertz CT molecular complexity index is 1120. The van der Waals surface area contributed by atoms with Crippen molar-refractivity contribution >= 4 is 30.7 Å². The third kappa shape index (κ3) is 5.83. The van der Waals surface area contributed by atoms with Crippen LogP contribution in [0.2, 0.25) is 0 Å². The summed E-state index contributed by atoms with van der Waals surface area (Å²) < 4.78 is 44.1. The monoisotopic (exact) mass is 515 g/mol. The summed E-state index contributed by atoms with van der Waals surface area (Å²) in [5, 5.41) is 16.1. The SMILES string of the molecule is CC(C)N(O)C(=O)N1N=C(c2cc(F)ccc2F)SC1(CCCOP(=O)(O)O)c1ccccc1. The van der Waals surface area contributed by atoms with Gasteiger partial charge < -0.3 is 9.79 Å². The Balaban J connectivity index is 2.09. The van der Waals surface area contributed by atoms with Crippen molar-refractivity contribution in [1.82, 2.24) is 10.1 Å². The molecule has 0 aliphatic carbocycles. The molecule has 3 rings (SSSR count). The molecular weight excluding hydrogens is 491 g/mol. The number of urea groups is 1. The summed E-state index contributed by atoms with van der Waals surface area (Å²) in [4.78, 5) is 29.9. The Hall–Kier alpha value is -2.34. The maximum absolute atomic E-state index is 14.6. The van der Waals surface area contributed by atoms with Crippen LogP contribution < -0.4 is 0 Å². The van der Waals surface area contributed by atoms with Crippen LogP contribution in [-0.4, -0.2) is 48.8 Å². The summed E-state index contributed by atoms with van der Waals surface area (Å²) in [6.45, 7) is 2.82. The highest BCUT2D eigenvalue weighted by atomic mass is 32.2. The maximum Gasteiger partial charge on any atom is 0.469 e. The van der Waals surface area contributed by atoms with E-state index in [1.165, 1.54) is 0 Å². The molecule has 184 valence electrons. The van der Waals surface area contributed by atoms with Crippen molar-refractivity contribution in [1.29, 1.82) is 0 Å². The Kier molecular flexibility index (Phi) is 8.12. The number of nitrogens with zero attached hydrogens (tertiary/aromatic N) is 3. The molecule has 13 heteroatoms. The summed E-state index contributed by atoms with van der Waals surface area (Å²) in [6, 6.07) is 9.93. The lowest BCUT2D eigenvalue weighted by Gasteiger charge is -2.37. The topological polar surface area (TPSA) is 123 Å². The molecule has 34 heavy (non-hydrogen) atoms. The third-order valence-corrected chi connectivity index (χ3v) is 6.93. The van der Waals surface area contributed by atoms with E-state index in [0.29, 0.717) is 10.6 Å². The van der Waals surface area contributed by atoms with Crippen molar-refractivity contribution in [3.05, 3.63) is 71.3 Å². The Morgan fingerprint density at radius 2 is 1.91 bits per heavy atom. The van der Waals surface area contributed by atoms with Crippen LogP contribution in [-0.2, 0) is 14.0 Å². The van der Waals surface area contributed by atoms with Crippen molar-refractivity contribution < 1.29 is 37.7 Å². The summed E-state index contributed by atoms with van der Waals surface area (Å²) in [5.74, 6) is -1.45. The molecule has 1 aliphatic heterocycles. The number of thioether (sulfide) groups is 1. The standard InChI is InChI=1S/C21H24F2N3O6PS/c1-14(2)25(28)20(27)26-21(15-7-4-3-5-8-15,11-6-12-32-33(29,30)31)34-19(24-26)17-13-16(22)9-10-18(17)23/h3-5,7-10,13-14,28H,6,11-12H2,1-2H3,(H2,29,30,31). The number of carbonyl (C=O) groups is 1. The Morgan fingerprint density at radius 1 is 1.24 bits per heavy atom. The van der Waals surface area contributed by atoms with E-state index in [1.807, 2.05) is 0 Å². The van der Waals surface area contributed by atoms with Gasteiger partial charge in [0.15, 0.2) is 0 Å². The molecule has 1 atom stereocenters. The molecule has 2 aromatic rings. The predicted molar refractivity (Wildman–Crippen MR) is 122 cm³/mol. The zero-order valence-corrected chi connectivity index (χ0v) is 20.0. The van der Waals surface area contributed by atoms with Gasteiger partial charge in [0.25, 0.3) is 0 Å². The highest BCUT2D eigenvalue weighted by Crippen LogP contribution is 2.51. The summed E-state index contributed by atoms with van der Waals surface area (Å²) >= 11 is 0.972. The van der Waals surface area contributed by atoms with Crippen molar-refractivity contribution in [2.75, 3.05) is 6.61 Å². The number of phosphoric ester groups is 1. The van der Waals surface area contributed by atoms with Gasteiger partial charge in [-0.15, -0.1) is 0 Å². The molecule has 0 radical (unpaired) electrons. The van der Waals surface area contributed by atoms with Crippen LogP contribution in [0.1, 0.15) is 37.8 Å². The van der Waals surface area contributed by atoms with E-state index in [4.69, 9.17) is 9.79 Å². The van der Waals surface area contributed by atoms with Crippen LogP contribution in [0.25, 0.3) is 0 Å². The minimum absolute atomic E-state index is 0.00210. The van der Waals surface area contributed by atoms with Crippen LogP contribution in [0.4, 0.5) is 13.6 Å². The van der Waals surface area contributed by atoms with E-state index in [9.17, 15) is 23.3 Å². The van der Waals surface area contributed by atoms with Crippen LogP contribution >= 0.6 is 19.6 Å². The minimum atomic E-state index is -4.71. The number of carbonyl (C=O) groups excluding carboxylic acids is 1. The summed E-state index contributed by atoms with van der Waals surface area (Å²) in [7, 11) is -4.71. The fourth-order valence-electron chi connectivity index (χ4n) is 3.36. The second kappa shape index (κ2) is 10.5. The summed E-state index contributed by atoms with van der Waals surface area (Å²) in [5.41, 5.74) is 0.387. The molecule has 2 aromatic carbocycles. The molecule has 0 saturated carbocycles. The van der Waals surface area contributed by atoms with E-state index < -0.39 is 36.4 Å². The first-order valence-electron chi connectivity index (χ1n) is 10.3. The first-order valence-corrected chi connectivity index (χ1v) is 12.6. The molecule has 9 nitrogen and oxygen atoms in total. The average Bonchev–Trinajstić information content (AvgIpc) is 3.18. The molecule has 1 heterocycles. The molecule has 1 aliphatic rings. The van der Waals surface area contributed by atoms with Gasteiger partial charge in [0.2, 0.25) is 0 Å². The predicted octanol–water partition coefficient (Wildman–Crippen LogP) is 4.64. The lowest BCUT2D eigenvalue weighted by molar-refractivity contribution is -0.0850. The number of phosphoric acid groups is 1. The number of halogens is 2. The minimum Gasteiger partial charge on any atom is -0.303 e. The largest absolute Gasteiger partial charge is 0.469 e. The van der Waals surface area contributed by atoms with Crippen molar-refractivity contribution in [2.24, 2.45) is 5.10 Å². The van der Waals surface area contributed by atoms with Gasteiger partial charge in [-0.2, -0.15) is 10.1 Å². The van der Waals surface area contributed by atoms with Gasteiger partial charge in [0.1, 0.15) is 21.5 Å². The van der Waals surface area contributed by atoms with Crippen LogP contribution in [0.3, 0.4) is 0 Å².